The second-order valence-corrected chi connectivity index (χ2v) is 7.54. The highest BCUT2D eigenvalue weighted by atomic mass is 16.6. The van der Waals surface area contributed by atoms with E-state index < -0.39 is 11.6 Å². The Morgan fingerprint density at radius 2 is 2.00 bits per heavy atom. The van der Waals surface area contributed by atoms with Crippen molar-refractivity contribution in [2.75, 3.05) is 33.3 Å². The van der Waals surface area contributed by atoms with Crippen LogP contribution in [0.1, 0.15) is 40.0 Å². The van der Waals surface area contributed by atoms with Gasteiger partial charge in [0.05, 0.1) is 7.11 Å². The molecular weight excluding hydrogens is 324 g/mol. The first kappa shape index (κ1) is 19.3. The first-order valence-electron chi connectivity index (χ1n) is 8.71. The summed E-state index contributed by atoms with van der Waals surface area (Å²) in [6.07, 6.45) is 3.75. The van der Waals surface area contributed by atoms with E-state index in [1.54, 1.807) is 9.80 Å². The number of esters is 1. The standard InChI is InChI=1S/C18H28N2O5/c1-18(2,3)25-17(23)19-8-5-13(6-9-19)14-7-10-20(15(21)11-14)12-16(22)24-4/h5,14H,6-12H2,1-4H3/t14-/m1/s1. The van der Waals surface area contributed by atoms with Crippen molar-refractivity contribution in [3.05, 3.63) is 11.6 Å². The largest absolute Gasteiger partial charge is 0.468 e. The molecule has 0 aliphatic carbocycles. The van der Waals surface area contributed by atoms with Crippen LogP contribution in [0.25, 0.3) is 0 Å². The third-order valence-corrected chi connectivity index (χ3v) is 4.49. The number of nitrogens with zero attached hydrogens (tertiary/aromatic N) is 2. The minimum Gasteiger partial charge on any atom is -0.468 e. The zero-order chi connectivity index (χ0) is 18.6. The van der Waals surface area contributed by atoms with Gasteiger partial charge < -0.3 is 19.3 Å². The number of likely N-dealkylation sites (tertiary alicyclic amines) is 1. The van der Waals surface area contributed by atoms with E-state index in [0.29, 0.717) is 26.1 Å². The molecule has 140 valence electrons. The Kier molecular flexibility index (Phi) is 6.08. The predicted molar refractivity (Wildman–Crippen MR) is 91.8 cm³/mol. The fourth-order valence-corrected chi connectivity index (χ4v) is 3.13. The Labute approximate surface area is 148 Å². The molecule has 0 N–H and O–H groups in total. The third kappa shape index (κ3) is 5.47. The van der Waals surface area contributed by atoms with Crippen LogP contribution in [0.2, 0.25) is 0 Å². The van der Waals surface area contributed by atoms with Crippen LogP contribution < -0.4 is 0 Å². The number of amides is 2. The SMILES string of the molecule is COC(=O)CN1CC[C@@H](C2=CCN(C(=O)OC(C)(C)C)CC2)CC1=O. The maximum absolute atomic E-state index is 12.2. The van der Waals surface area contributed by atoms with Crippen LogP contribution in [0.3, 0.4) is 0 Å². The summed E-state index contributed by atoms with van der Waals surface area (Å²) in [4.78, 5) is 38.9. The molecule has 7 heteroatoms. The molecule has 0 aromatic rings. The molecule has 0 aromatic heterocycles. The van der Waals surface area contributed by atoms with Crippen molar-refractivity contribution in [1.29, 1.82) is 0 Å². The van der Waals surface area contributed by atoms with Gasteiger partial charge in [-0.3, -0.25) is 9.59 Å². The fourth-order valence-electron chi connectivity index (χ4n) is 3.13. The van der Waals surface area contributed by atoms with Crippen LogP contribution in [0.4, 0.5) is 4.79 Å². The maximum Gasteiger partial charge on any atom is 0.410 e. The van der Waals surface area contributed by atoms with Crippen molar-refractivity contribution in [2.45, 2.75) is 45.6 Å². The quantitative estimate of drug-likeness (QED) is 0.573. The van der Waals surface area contributed by atoms with Crippen LogP contribution in [0.5, 0.6) is 0 Å². The molecule has 0 radical (unpaired) electrons. The molecule has 2 heterocycles. The first-order valence-corrected chi connectivity index (χ1v) is 8.71. The van der Waals surface area contributed by atoms with Crippen molar-refractivity contribution in [1.82, 2.24) is 9.80 Å². The van der Waals surface area contributed by atoms with E-state index in [0.717, 1.165) is 12.8 Å². The van der Waals surface area contributed by atoms with Gasteiger partial charge >= 0.3 is 12.1 Å². The molecule has 25 heavy (non-hydrogen) atoms. The van der Waals surface area contributed by atoms with E-state index in [9.17, 15) is 14.4 Å². The van der Waals surface area contributed by atoms with Gasteiger partial charge in [0.15, 0.2) is 0 Å². The zero-order valence-electron chi connectivity index (χ0n) is 15.5. The van der Waals surface area contributed by atoms with Gasteiger partial charge in [0.1, 0.15) is 12.1 Å². The van der Waals surface area contributed by atoms with E-state index in [1.807, 2.05) is 26.8 Å². The Morgan fingerprint density at radius 3 is 2.52 bits per heavy atom. The van der Waals surface area contributed by atoms with Crippen LogP contribution >= 0.6 is 0 Å². The summed E-state index contributed by atoms with van der Waals surface area (Å²) in [5.41, 5.74) is 0.728. The average molecular weight is 352 g/mol. The molecule has 2 amide bonds. The Bertz CT molecular complexity index is 564. The molecule has 7 nitrogen and oxygen atoms in total. The predicted octanol–water partition coefficient (Wildman–Crippen LogP) is 1.97. The van der Waals surface area contributed by atoms with Crippen LogP contribution in [0, 0.1) is 5.92 Å². The third-order valence-electron chi connectivity index (χ3n) is 4.49. The van der Waals surface area contributed by atoms with Gasteiger partial charge in [0.25, 0.3) is 0 Å². The lowest BCUT2D eigenvalue weighted by Gasteiger charge is -2.35. The normalized spacial score (nSPS) is 21.7. The molecule has 2 aliphatic rings. The van der Waals surface area contributed by atoms with Gasteiger partial charge in [0, 0.05) is 26.1 Å². The molecule has 0 aromatic carbocycles. The summed E-state index contributed by atoms with van der Waals surface area (Å²) < 4.78 is 10.0. The summed E-state index contributed by atoms with van der Waals surface area (Å²) in [6, 6.07) is 0. The van der Waals surface area contributed by atoms with Crippen molar-refractivity contribution >= 4 is 18.0 Å². The van der Waals surface area contributed by atoms with Gasteiger partial charge in [-0.25, -0.2) is 4.79 Å². The van der Waals surface area contributed by atoms with Gasteiger partial charge in [-0.1, -0.05) is 11.6 Å². The molecular formula is C18H28N2O5. The van der Waals surface area contributed by atoms with E-state index in [4.69, 9.17) is 4.74 Å². The van der Waals surface area contributed by atoms with Gasteiger partial charge in [-0.05, 0) is 39.5 Å². The lowest BCUT2D eigenvalue weighted by Crippen LogP contribution is -2.43. The highest BCUT2D eigenvalue weighted by Crippen LogP contribution is 2.29. The number of rotatable bonds is 3. The number of hydrogen-bond acceptors (Lipinski definition) is 5. The molecule has 1 atom stereocenters. The fraction of sp³-hybridized carbons (Fsp3) is 0.722. The second-order valence-electron chi connectivity index (χ2n) is 7.54. The Hall–Kier alpha value is -2.05. The highest BCUT2D eigenvalue weighted by Gasteiger charge is 2.31. The smallest absolute Gasteiger partial charge is 0.410 e. The van der Waals surface area contributed by atoms with Gasteiger partial charge in [-0.15, -0.1) is 0 Å². The number of piperidine rings is 1. The Morgan fingerprint density at radius 1 is 1.28 bits per heavy atom. The van der Waals surface area contributed by atoms with Crippen LogP contribution in [0.15, 0.2) is 11.6 Å². The number of carbonyl (C=O) groups is 3. The van der Waals surface area contributed by atoms with E-state index >= 15 is 0 Å². The molecule has 0 saturated carbocycles. The molecule has 2 rings (SSSR count). The number of ether oxygens (including phenoxy) is 2. The van der Waals surface area contributed by atoms with Gasteiger partial charge in [-0.2, -0.15) is 0 Å². The lowest BCUT2D eigenvalue weighted by atomic mass is 9.85. The molecule has 0 bridgehead atoms. The van der Waals surface area contributed by atoms with Crippen molar-refractivity contribution in [3.8, 4) is 0 Å². The van der Waals surface area contributed by atoms with Crippen molar-refractivity contribution in [3.63, 3.8) is 0 Å². The molecule has 0 unspecified atom stereocenters. The minimum atomic E-state index is -0.500. The van der Waals surface area contributed by atoms with E-state index in [-0.39, 0.29) is 24.5 Å². The van der Waals surface area contributed by atoms with E-state index in [2.05, 4.69) is 4.74 Å². The summed E-state index contributed by atoms with van der Waals surface area (Å²) in [7, 11) is 1.32. The van der Waals surface area contributed by atoms with Crippen LogP contribution in [-0.4, -0.2) is 66.7 Å². The van der Waals surface area contributed by atoms with Gasteiger partial charge in [0.2, 0.25) is 5.91 Å². The zero-order valence-corrected chi connectivity index (χ0v) is 15.5. The van der Waals surface area contributed by atoms with Crippen LogP contribution in [-0.2, 0) is 19.1 Å². The molecule has 0 spiro atoms. The number of methoxy groups -OCH3 is 1. The summed E-state index contributed by atoms with van der Waals surface area (Å²) in [5.74, 6) is -0.212. The second kappa shape index (κ2) is 7.89. The van der Waals surface area contributed by atoms with Crippen molar-refractivity contribution < 1.29 is 23.9 Å². The minimum absolute atomic E-state index is 0.0166. The Balaban J connectivity index is 1.87. The van der Waals surface area contributed by atoms with Crippen molar-refractivity contribution in [2.24, 2.45) is 5.92 Å². The monoisotopic (exact) mass is 352 g/mol. The first-order chi connectivity index (χ1) is 11.7. The highest BCUT2D eigenvalue weighted by molar-refractivity contribution is 5.83. The summed E-state index contributed by atoms with van der Waals surface area (Å²) in [5, 5.41) is 0. The maximum atomic E-state index is 12.2. The molecule has 1 fully saturated rings. The summed E-state index contributed by atoms with van der Waals surface area (Å²) >= 11 is 0. The molecule has 2 aliphatic heterocycles. The lowest BCUT2D eigenvalue weighted by molar-refractivity contribution is -0.148. The number of hydrogen-bond donors (Lipinski definition) is 0. The van der Waals surface area contributed by atoms with E-state index in [1.165, 1.54) is 12.7 Å². The molecule has 1 saturated heterocycles. The topological polar surface area (TPSA) is 76.2 Å². The number of carbonyl (C=O) groups excluding carboxylic acids is 3. The average Bonchev–Trinajstić information content (AvgIpc) is 2.55. The summed E-state index contributed by atoms with van der Waals surface area (Å²) in [6.45, 7) is 7.26.